The number of methoxy groups -OCH3 is 1. The molecule has 102 valence electrons. The highest BCUT2D eigenvalue weighted by atomic mass is 32.2. The first kappa shape index (κ1) is 15.0. The summed E-state index contributed by atoms with van der Waals surface area (Å²) in [7, 11) is 1.36. The van der Waals surface area contributed by atoms with Gasteiger partial charge in [0.25, 0.3) is 5.22 Å². The van der Waals surface area contributed by atoms with Crippen LogP contribution in [0.4, 0.5) is 0 Å². The summed E-state index contributed by atoms with van der Waals surface area (Å²) < 4.78 is 9.87. The fourth-order valence-corrected chi connectivity index (χ4v) is 2.34. The normalized spacial score (nSPS) is 14.2. The predicted octanol–water partition coefficient (Wildman–Crippen LogP) is 2.14. The molecule has 1 heterocycles. The molecule has 5 nitrogen and oxygen atoms in total. The molecular weight excluding hydrogens is 252 g/mol. The van der Waals surface area contributed by atoms with Gasteiger partial charge in [-0.25, -0.2) is 4.98 Å². The van der Waals surface area contributed by atoms with E-state index in [-0.39, 0.29) is 5.97 Å². The number of ether oxygens (including phenoxy) is 1. The van der Waals surface area contributed by atoms with E-state index in [2.05, 4.69) is 9.72 Å². The molecule has 0 saturated carbocycles. The van der Waals surface area contributed by atoms with Gasteiger partial charge in [0, 0.05) is 5.75 Å². The van der Waals surface area contributed by atoms with Gasteiger partial charge in [-0.2, -0.15) is 0 Å². The standard InChI is InChI=1S/C12H20N2O3S/c1-9-8-17-11(14-9)18-7-5-4-6-12(2,13)10(15)16-3/h8H,4-7,13H2,1-3H3. The first-order valence-electron chi connectivity index (χ1n) is 5.88. The van der Waals surface area contributed by atoms with Gasteiger partial charge < -0.3 is 14.9 Å². The molecule has 1 unspecified atom stereocenters. The Kier molecular flexibility index (Phi) is 5.68. The van der Waals surface area contributed by atoms with E-state index in [1.165, 1.54) is 7.11 Å². The Hall–Kier alpha value is -1.01. The van der Waals surface area contributed by atoms with E-state index in [0.29, 0.717) is 11.6 Å². The number of aryl methyl sites for hydroxylation is 1. The summed E-state index contributed by atoms with van der Waals surface area (Å²) in [5.41, 5.74) is 5.85. The van der Waals surface area contributed by atoms with E-state index >= 15 is 0 Å². The molecule has 1 aromatic heterocycles. The fourth-order valence-electron chi connectivity index (χ4n) is 1.49. The summed E-state index contributed by atoms with van der Waals surface area (Å²) in [5.74, 6) is 0.537. The number of rotatable bonds is 7. The first-order valence-corrected chi connectivity index (χ1v) is 6.86. The second kappa shape index (κ2) is 6.80. The number of thioether (sulfide) groups is 1. The van der Waals surface area contributed by atoms with E-state index in [1.807, 2.05) is 6.92 Å². The molecule has 0 aliphatic carbocycles. The zero-order valence-corrected chi connectivity index (χ0v) is 11.9. The molecule has 0 spiro atoms. The maximum absolute atomic E-state index is 11.3. The highest BCUT2D eigenvalue weighted by molar-refractivity contribution is 7.99. The molecule has 0 radical (unpaired) electrons. The van der Waals surface area contributed by atoms with Crippen LogP contribution in [0.15, 0.2) is 15.9 Å². The van der Waals surface area contributed by atoms with Crippen LogP contribution < -0.4 is 5.73 Å². The summed E-state index contributed by atoms with van der Waals surface area (Å²) >= 11 is 1.57. The van der Waals surface area contributed by atoms with Crippen molar-refractivity contribution in [2.45, 2.75) is 43.9 Å². The second-order valence-corrected chi connectivity index (χ2v) is 5.52. The van der Waals surface area contributed by atoms with Gasteiger partial charge in [-0.15, -0.1) is 0 Å². The maximum Gasteiger partial charge on any atom is 0.325 e. The van der Waals surface area contributed by atoms with Crippen molar-refractivity contribution in [2.75, 3.05) is 12.9 Å². The summed E-state index contributed by atoms with van der Waals surface area (Å²) in [6.07, 6.45) is 4.08. The Bertz CT molecular complexity index is 390. The SMILES string of the molecule is COC(=O)C(C)(N)CCCCSc1nc(C)co1. The summed E-state index contributed by atoms with van der Waals surface area (Å²) in [6, 6.07) is 0. The summed E-state index contributed by atoms with van der Waals surface area (Å²) in [6.45, 7) is 3.59. The van der Waals surface area contributed by atoms with Crippen molar-refractivity contribution < 1.29 is 13.9 Å². The van der Waals surface area contributed by atoms with Crippen molar-refractivity contribution in [3.05, 3.63) is 12.0 Å². The zero-order chi connectivity index (χ0) is 13.6. The third kappa shape index (κ3) is 4.70. The van der Waals surface area contributed by atoms with Crippen LogP contribution in [-0.2, 0) is 9.53 Å². The molecule has 0 aliphatic rings. The number of nitrogens with zero attached hydrogens (tertiary/aromatic N) is 1. The van der Waals surface area contributed by atoms with Crippen LogP contribution in [0.5, 0.6) is 0 Å². The summed E-state index contributed by atoms with van der Waals surface area (Å²) in [4.78, 5) is 15.5. The van der Waals surface area contributed by atoms with Crippen molar-refractivity contribution in [1.29, 1.82) is 0 Å². The number of unbranched alkanes of at least 4 members (excludes halogenated alkanes) is 1. The van der Waals surface area contributed by atoms with Gasteiger partial charge in [0.2, 0.25) is 0 Å². The number of nitrogens with two attached hydrogens (primary N) is 1. The predicted molar refractivity (Wildman–Crippen MR) is 70.4 cm³/mol. The lowest BCUT2D eigenvalue weighted by Crippen LogP contribution is -2.45. The minimum atomic E-state index is -0.890. The monoisotopic (exact) mass is 272 g/mol. The zero-order valence-electron chi connectivity index (χ0n) is 11.1. The topological polar surface area (TPSA) is 78.4 Å². The lowest BCUT2D eigenvalue weighted by atomic mass is 9.97. The van der Waals surface area contributed by atoms with Gasteiger partial charge in [-0.1, -0.05) is 18.2 Å². The fraction of sp³-hybridized carbons (Fsp3) is 0.667. The lowest BCUT2D eigenvalue weighted by molar-refractivity contribution is -0.146. The minimum absolute atomic E-state index is 0.363. The van der Waals surface area contributed by atoms with Crippen molar-refractivity contribution in [3.8, 4) is 0 Å². The number of carbonyl (C=O) groups is 1. The van der Waals surface area contributed by atoms with Crippen LogP contribution in [-0.4, -0.2) is 29.4 Å². The molecular formula is C12H20N2O3S. The number of hydrogen-bond donors (Lipinski definition) is 1. The summed E-state index contributed by atoms with van der Waals surface area (Å²) in [5, 5.41) is 0.691. The molecule has 0 aromatic carbocycles. The van der Waals surface area contributed by atoms with Crippen LogP contribution in [0.3, 0.4) is 0 Å². The van der Waals surface area contributed by atoms with Crippen LogP contribution in [0, 0.1) is 6.92 Å². The van der Waals surface area contributed by atoms with Gasteiger partial charge in [0.1, 0.15) is 11.8 Å². The van der Waals surface area contributed by atoms with Gasteiger partial charge in [0.15, 0.2) is 0 Å². The van der Waals surface area contributed by atoms with E-state index in [9.17, 15) is 4.79 Å². The average Bonchev–Trinajstić information content (AvgIpc) is 2.73. The van der Waals surface area contributed by atoms with Crippen LogP contribution in [0.1, 0.15) is 31.9 Å². The number of oxazole rings is 1. The lowest BCUT2D eigenvalue weighted by Gasteiger charge is -2.20. The highest BCUT2D eigenvalue weighted by Crippen LogP contribution is 2.20. The van der Waals surface area contributed by atoms with Crippen molar-refractivity contribution in [2.24, 2.45) is 5.73 Å². The second-order valence-electron chi connectivity index (χ2n) is 4.47. The molecule has 6 heteroatoms. The number of aromatic nitrogens is 1. The Morgan fingerprint density at radius 1 is 1.61 bits per heavy atom. The molecule has 0 fully saturated rings. The van der Waals surface area contributed by atoms with E-state index in [4.69, 9.17) is 10.2 Å². The quantitative estimate of drug-likeness (QED) is 0.465. The third-order valence-electron chi connectivity index (χ3n) is 2.57. The molecule has 18 heavy (non-hydrogen) atoms. The molecule has 1 rings (SSSR count). The smallest absolute Gasteiger partial charge is 0.325 e. The Morgan fingerprint density at radius 3 is 2.89 bits per heavy atom. The Morgan fingerprint density at radius 2 is 2.33 bits per heavy atom. The van der Waals surface area contributed by atoms with Crippen LogP contribution in [0.2, 0.25) is 0 Å². The average molecular weight is 272 g/mol. The van der Waals surface area contributed by atoms with Gasteiger partial charge in [-0.05, 0) is 26.7 Å². The van der Waals surface area contributed by atoms with E-state index < -0.39 is 5.54 Å². The maximum atomic E-state index is 11.3. The van der Waals surface area contributed by atoms with Gasteiger partial charge in [-0.3, -0.25) is 4.79 Å². The van der Waals surface area contributed by atoms with E-state index in [0.717, 1.165) is 24.3 Å². The van der Waals surface area contributed by atoms with Crippen molar-refractivity contribution in [1.82, 2.24) is 4.98 Å². The molecule has 0 saturated heterocycles. The molecule has 1 aromatic rings. The largest absolute Gasteiger partial charge is 0.468 e. The molecule has 0 bridgehead atoms. The Balaban J connectivity index is 2.17. The molecule has 0 amide bonds. The highest BCUT2D eigenvalue weighted by Gasteiger charge is 2.28. The first-order chi connectivity index (χ1) is 8.45. The Labute approximate surface area is 111 Å². The minimum Gasteiger partial charge on any atom is -0.468 e. The molecule has 1 atom stereocenters. The molecule has 2 N–H and O–H groups in total. The van der Waals surface area contributed by atoms with Crippen LogP contribution in [0.25, 0.3) is 0 Å². The van der Waals surface area contributed by atoms with Gasteiger partial charge >= 0.3 is 5.97 Å². The number of carbonyl (C=O) groups excluding carboxylic acids is 1. The van der Waals surface area contributed by atoms with Crippen LogP contribution >= 0.6 is 11.8 Å². The van der Waals surface area contributed by atoms with Crippen molar-refractivity contribution in [3.63, 3.8) is 0 Å². The molecule has 0 aliphatic heterocycles. The van der Waals surface area contributed by atoms with Crippen molar-refractivity contribution >= 4 is 17.7 Å². The van der Waals surface area contributed by atoms with E-state index in [1.54, 1.807) is 24.9 Å². The number of hydrogen-bond acceptors (Lipinski definition) is 6. The van der Waals surface area contributed by atoms with Gasteiger partial charge in [0.05, 0.1) is 12.8 Å². The number of esters is 1. The third-order valence-corrected chi connectivity index (χ3v) is 3.49.